The monoisotopic (exact) mass is 463 g/mol. The molecule has 174 valence electrons. The number of carboxylic acids is 1. The second kappa shape index (κ2) is 13.0. The molecule has 0 bridgehead atoms. The standard InChI is InChI=1S/C15H25N7O8S/c16-5(1-9(17)23)12(26)22-8(4-31)14(28)20-6(2-10(18)24)13(27)21-7(15(29)30)3-11(19)25/h5-8,31H,1-4,16H2,(H2,17,23)(H2,18,24)(H2,19,25)(H,20,28)(H,21,27)(H,22,26)(H,29,30). The lowest BCUT2D eigenvalue weighted by molar-refractivity contribution is -0.144. The Morgan fingerprint density at radius 3 is 1.48 bits per heavy atom. The minimum absolute atomic E-state index is 0.273. The van der Waals surface area contributed by atoms with Gasteiger partial charge in [0, 0.05) is 5.75 Å². The molecule has 12 N–H and O–H groups in total. The molecule has 0 radical (unpaired) electrons. The van der Waals surface area contributed by atoms with Gasteiger partial charge in [-0.2, -0.15) is 12.6 Å². The Labute approximate surface area is 181 Å². The van der Waals surface area contributed by atoms with Gasteiger partial charge in [0.2, 0.25) is 35.4 Å². The molecule has 31 heavy (non-hydrogen) atoms. The third-order valence-corrected chi connectivity index (χ3v) is 4.00. The lowest BCUT2D eigenvalue weighted by atomic mass is 10.1. The van der Waals surface area contributed by atoms with Crippen molar-refractivity contribution in [1.82, 2.24) is 16.0 Å². The molecule has 0 saturated heterocycles. The van der Waals surface area contributed by atoms with Crippen LogP contribution in [0, 0.1) is 0 Å². The van der Waals surface area contributed by atoms with Gasteiger partial charge in [-0.15, -0.1) is 0 Å². The van der Waals surface area contributed by atoms with Crippen LogP contribution in [0.3, 0.4) is 0 Å². The van der Waals surface area contributed by atoms with Crippen LogP contribution in [0.1, 0.15) is 19.3 Å². The van der Waals surface area contributed by atoms with Gasteiger partial charge < -0.3 is 44.0 Å². The number of carbonyl (C=O) groups is 7. The van der Waals surface area contributed by atoms with Gasteiger partial charge in [-0.25, -0.2) is 4.79 Å². The maximum absolute atomic E-state index is 12.4. The normalized spacial score (nSPS) is 14.3. The van der Waals surface area contributed by atoms with Gasteiger partial charge >= 0.3 is 5.97 Å². The van der Waals surface area contributed by atoms with Crippen LogP contribution in [0.25, 0.3) is 0 Å². The SMILES string of the molecule is NC(=O)CC(N)C(=O)NC(CS)C(=O)NC(CC(N)=O)C(=O)NC(CC(N)=O)C(=O)O. The second-order valence-corrected chi connectivity index (χ2v) is 6.69. The molecule has 0 aromatic heterocycles. The van der Waals surface area contributed by atoms with Crippen molar-refractivity contribution in [3.05, 3.63) is 0 Å². The molecule has 0 aliphatic carbocycles. The zero-order valence-electron chi connectivity index (χ0n) is 16.2. The van der Waals surface area contributed by atoms with E-state index in [1.54, 1.807) is 0 Å². The topological polar surface area (TPSA) is 280 Å². The molecule has 4 atom stereocenters. The number of hydrogen-bond acceptors (Lipinski definition) is 9. The van der Waals surface area contributed by atoms with Crippen molar-refractivity contribution in [3.63, 3.8) is 0 Å². The van der Waals surface area contributed by atoms with Crippen molar-refractivity contribution in [3.8, 4) is 0 Å². The molecule has 0 aliphatic rings. The van der Waals surface area contributed by atoms with Gasteiger partial charge in [-0.05, 0) is 0 Å². The number of carbonyl (C=O) groups excluding carboxylic acids is 6. The van der Waals surface area contributed by atoms with E-state index in [0.717, 1.165) is 0 Å². The molecule has 0 fully saturated rings. The van der Waals surface area contributed by atoms with Gasteiger partial charge in [0.15, 0.2) is 0 Å². The minimum atomic E-state index is -1.72. The summed E-state index contributed by atoms with van der Waals surface area (Å²) >= 11 is 3.90. The van der Waals surface area contributed by atoms with E-state index < -0.39 is 84.8 Å². The van der Waals surface area contributed by atoms with Gasteiger partial charge in [0.25, 0.3) is 0 Å². The van der Waals surface area contributed by atoms with E-state index in [2.05, 4.69) is 23.3 Å². The lowest BCUT2D eigenvalue weighted by Crippen LogP contribution is -2.58. The summed E-state index contributed by atoms with van der Waals surface area (Å²) in [5, 5.41) is 15.3. The van der Waals surface area contributed by atoms with E-state index in [1.807, 2.05) is 5.32 Å². The van der Waals surface area contributed by atoms with Crippen LogP contribution in [0.4, 0.5) is 0 Å². The molecule has 0 aromatic carbocycles. The number of primary amides is 3. The summed E-state index contributed by atoms with van der Waals surface area (Å²) in [5.41, 5.74) is 20.4. The molecule has 0 aliphatic heterocycles. The summed E-state index contributed by atoms with van der Waals surface area (Å²) in [6.07, 6.45) is -1.96. The van der Waals surface area contributed by atoms with E-state index in [1.165, 1.54) is 0 Å². The highest BCUT2D eigenvalue weighted by molar-refractivity contribution is 7.80. The zero-order valence-corrected chi connectivity index (χ0v) is 17.1. The maximum atomic E-state index is 12.4. The third kappa shape index (κ3) is 10.8. The number of thiol groups is 1. The largest absolute Gasteiger partial charge is 0.480 e. The number of carboxylic acid groups (broad SMARTS) is 1. The van der Waals surface area contributed by atoms with Crippen molar-refractivity contribution in [2.24, 2.45) is 22.9 Å². The highest BCUT2D eigenvalue weighted by atomic mass is 32.1. The van der Waals surface area contributed by atoms with E-state index in [4.69, 9.17) is 28.0 Å². The Morgan fingerprint density at radius 1 is 0.677 bits per heavy atom. The minimum Gasteiger partial charge on any atom is -0.480 e. The summed E-state index contributed by atoms with van der Waals surface area (Å²) in [5.74, 6) is -7.78. The summed E-state index contributed by atoms with van der Waals surface area (Å²) < 4.78 is 0. The van der Waals surface area contributed by atoms with Crippen LogP contribution in [-0.2, 0) is 33.6 Å². The highest BCUT2D eigenvalue weighted by Gasteiger charge is 2.31. The lowest BCUT2D eigenvalue weighted by Gasteiger charge is -2.23. The van der Waals surface area contributed by atoms with Gasteiger partial charge in [-0.3, -0.25) is 28.8 Å². The molecule has 0 rings (SSSR count). The number of nitrogens with two attached hydrogens (primary N) is 4. The van der Waals surface area contributed by atoms with Crippen molar-refractivity contribution in [2.75, 3.05) is 5.75 Å². The molecule has 4 unspecified atom stereocenters. The van der Waals surface area contributed by atoms with Gasteiger partial charge in [-0.1, -0.05) is 0 Å². The fraction of sp³-hybridized carbons (Fsp3) is 0.533. The molecule has 0 aromatic rings. The zero-order chi connectivity index (χ0) is 24.3. The molecule has 16 heteroatoms. The van der Waals surface area contributed by atoms with Crippen molar-refractivity contribution >= 4 is 54.0 Å². The number of nitrogens with one attached hydrogen (secondary N) is 3. The van der Waals surface area contributed by atoms with Crippen LogP contribution < -0.4 is 38.9 Å². The van der Waals surface area contributed by atoms with Crippen molar-refractivity contribution in [2.45, 2.75) is 43.4 Å². The summed E-state index contributed by atoms with van der Waals surface area (Å²) in [4.78, 5) is 80.9. The van der Waals surface area contributed by atoms with E-state index in [9.17, 15) is 33.6 Å². The van der Waals surface area contributed by atoms with E-state index in [-0.39, 0.29) is 5.75 Å². The Hall–Kier alpha value is -3.40. The van der Waals surface area contributed by atoms with Crippen LogP contribution in [0.15, 0.2) is 0 Å². The Morgan fingerprint density at radius 2 is 1.06 bits per heavy atom. The van der Waals surface area contributed by atoms with E-state index in [0.29, 0.717) is 0 Å². The van der Waals surface area contributed by atoms with Crippen molar-refractivity contribution in [1.29, 1.82) is 0 Å². The maximum Gasteiger partial charge on any atom is 0.326 e. The molecule has 6 amide bonds. The Kier molecular flexibility index (Phi) is 11.6. The van der Waals surface area contributed by atoms with Crippen LogP contribution >= 0.6 is 12.6 Å². The van der Waals surface area contributed by atoms with Gasteiger partial charge in [0.1, 0.15) is 18.1 Å². The summed E-state index contributed by atoms with van der Waals surface area (Å²) in [7, 11) is 0. The predicted octanol–water partition coefficient (Wildman–Crippen LogP) is -5.59. The second-order valence-electron chi connectivity index (χ2n) is 6.32. The fourth-order valence-electron chi connectivity index (χ4n) is 2.14. The number of rotatable bonds is 14. The van der Waals surface area contributed by atoms with E-state index >= 15 is 0 Å². The Balaban J connectivity index is 5.32. The molecule has 15 nitrogen and oxygen atoms in total. The molecular weight excluding hydrogens is 438 g/mol. The van der Waals surface area contributed by atoms with Crippen molar-refractivity contribution < 1.29 is 38.7 Å². The van der Waals surface area contributed by atoms with Crippen LogP contribution in [-0.4, -0.2) is 76.4 Å². The smallest absolute Gasteiger partial charge is 0.326 e. The molecule has 0 heterocycles. The number of aliphatic carboxylic acids is 1. The number of amides is 6. The first-order valence-corrected chi connectivity index (χ1v) is 9.26. The number of hydrogen-bond donors (Lipinski definition) is 9. The molecule has 0 saturated carbocycles. The first-order valence-electron chi connectivity index (χ1n) is 8.63. The summed E-state index contributed by atoms with van der Waals surface area (Å²) in [6.45, 7) is 0. The third-order valence-electron chi connectivity index (χ3n) is 3.63. The first kappa shape index (κ1) is 27.6. The average Bonchev–Trinajstić information content (AvgIpc) is 2.62. The quantitative estimate of drug-likeness (QED) is 0.111. The molecular formula is C15H25N7O8S. The Bertz CT molecular complexity index is 747. The predicted molar refractivity (Wildman–Crippen MR) is 107 cm³/mol. The fourth-order valence-corrected chi connectivity index (χ4v) is 2.40. The molecule has 0 spiro atoms. The van der Waals surface area contributed by atoms with Crippen LogP contribution in [0.2, 0.25) is 0 Å². The first-order chi connectivity index (χ1) is 14.3. The highest BCUT2D eigenvalue weighted by Crippen LogP contribution is 2.00. The van der Waals surface area contributed by atoms with Crippen LogP contribution in [0.5, 0.6) is 0 Å². The van der Waals surface area contributed by atoms with Gasteiger partial charge in [0.05, 0.1) is 25.3 Å². The summed E-state index contributed by atoms with van der Waals surface area (Å²) in [6, 6.07) is -6.05. The average molecular weight is 463 g/mol.